The van der Waals surface area contributed by atoms with E-state index < -0.39 is 12.9 Å². The molecule has 0 saturated carbocycles. The van der Waals surface area contributed by atoms with Crippen molar-refractivity contribution in [3.8, 4) is 11.5 Å². The lowest BCUT2D eigenvalue weighted by Crippen LogP contribution is -2.32. The molecule has 0 spiro atoms. The number of hydrogen-bond acceptors (Lipinski definition) is 4. The average Bonchev–Trinajstić information content (AvgIpc) is 2.74. The summed E-state index contributed by atoms with van der Waals surface area (Å²) in [5.41, 5.74) is 3.48. The van der Waals surface area contributed by atoms with Gasteiger partial charge in [0.2, 0.25) is 0 Å². The molecule has 0 bridgehead atoms. The van der Waals surface area contributed by atoms with Crippen LogP contribution in [0.5, 0.6) is 11.5 Å². The average molecular weight is 408 g/mol. The van der Waals surface area contributed by atoms with Gasteiger partial charge in [0.05, 0.1) is 6.10 Å². The zero-order valence-corrected chi connectivity index (χ0v) is 17.1. The van der Waals surface area contributed by atoms with Crippen molar-refractivity contribution in [3.63, 3.8) is 0 Å². The van der Waals surface area contributed by atoms with Crippen molar-refractivity contribution in [2.75, 3.05) is 6.61 Å². The van der Waals surface area contributed by atoms with Crippen molar-refractivity contribution in [1.82, 2.24) is 0 Å². The smallest absolute Gasteiger partial charge is 0.458 e. The molecule has 0 saturated heterocycles. The fourth-order valence-corrected chi connectivity index (χ4v) is 3.37. The number of ether oxygens (including phenoxy) is 1. The van der Waals surface area contributed by atoms with E-state index in [0.29, 0.717) is 31.3 Å². The van der Waals surface area contributed by atoms with Crippen LogP contribution in [0, 0.1) is 5.82 Å². The molecule has 0 aliphatic carbocycles. The molecular weight excluding hydrogens is 382 g/mol. The summed E-state index contributed by atoms with van der Waals surface area (Å²) in [4.78, 5) is 0. The molecule has 3 rings (SSSR count). The van der Waals surface area contributed by atoms with Crippen LogP contribution in [0.2, 0.25) is 6.32 Å². The van der Waals surface area contributed by atoms with Crippen molar-refractivity contribution in [1.29, 1.82) is 0 Å². The third-order valence-electron chi connectivity index (χ3n) is 4.96. The largest absolute Gasteiger partial charge is 0.505 e. The molecule has 0 aromatic heterocycles. The van der Waals surface area contributed by atoms with E-state index in [2.05, 4.69) is 6.58 Å². The molecule has 1 aliphatic rings. The molecule has 2 N–H and O–H groups in total. The Hall–Kier alpha value is -2.83. The molecule has 4 nitrogen and oxygen atoms in total. The van der Waals surface area contributed by atoms with Crippen molar-refractivity contribution in [3.05, 3.63) is 89.3 Å². The van der Waals surface area contributed by atoms with Gasteiger partial charge in [0, 0.05) is 6.32 Å². The topological polar surface area (TPSA) is 58.9 Å². The maximum absolute atomic E-state index is 13.5. The van der Waals surface area contributed by atoms with E-state index in [1.807, 2.05) is 49.4 Å². The van der Waals surface area contributed by atoms with E-state index in [-0.39, 0.29) is 11.9 Å². The van der Waals surface area contributed by atoms with Gasteiger partial charge in [-0.3, -0.25) is 0 Å². The van der Waals surface area contributed by atoms with Crippen LogP contribution in [0.4, 0.5) is 4.39 Å². The van der Waals surface area contributed by atoms with Crippen molar-refractivity contribution in [2.24, 2.45) is 0 Å². The van der Waals surface area contributed by atoms with Gasteiger partial charge in [0.25, 0.3) is 0 Å². The van der Waals surface area contributed by atoms with Crippen LogP contribution in [0.1, 0.15) is 25.3 Å². The minimum absolute atomic E-state index is 0.291. The van der Waals surface area contributed by atoms with Crippen molar-refractivity contribution >= 4 is 13.2 Å². The Balaban J connectivity index is 1.61. The first-order valence-corrected chi connectivity index (χ1v) is 9.97. The van der Waals surface area contributed by atoms with E-state index >= 15 is 0 Å². The highest BCUT2D eigenvalue weighted by molar-refractivity contribution is 6.43. The number of hydrogen-bond donors (Lipinski definition) is 2. The number of phenolic OH excluding ortho intramolecular Hbond substituents is 1. The Kier molecular flexibility index (Phi) is 7.49. The molecule has 6 heteroatoms. The lowest BCUT2D eigenvalue weighted by molar-refractivity contribution is 0.181. The van der Waals surface area contributed by atoms with Gasteiger partial charge in [-0.2, -0.15) is 0 Å². The molecule has 30 heavy (non-hydrogen) atoms. The first-order chi connectivity index (χ1) is 14.4. The summed E-state index contributed by atoms with van der Waals surface area (Å²) in [5, 5.41) is 19.2. The number of allylic oxidation sites excluding steroid dienone is 2. The number of halogens is 1. The zero-order valence-electron chi connectivity index (χ0n) is 17.1. The first-order valence-electron chi connectivity index (χ1n) is 9.97. The predicted octanol–water partition coefficient (Wildman–Crippen LogP) is 5.16. The third kappa shape index (κ3) is 6.08. The Labute approximate surface area is 177 Å². The summed E-state index contributed by atoms with van der Waals surface area (Å²) in [7, 11) is -0.836. The molecule has 1 aliphatic heterocycles. The third-order valence-corrected chi connectivity index (χ3v) is 4.96. The lowest BCUT2D eigenvalue weighted by Gasteiger charge is -2.28. The Morgan fingerprint density at radius 3 is 2.80 bits per heavy atom. The van der Waals surface area contributed by atoms with E-state index in [1.165, 1.54) is 12.1 Å². The quantitative estimate of drug-likeness (QED) is 0.593. The van der Waals surface area contributed by atoms with Crippen molar-refractivity contribution < 1.29 is 23.9 Å². The summed E-state index contributed by atoms with van der Waals surface area (Å²) in [6.07, 6.45) is 5.31. The summed E-state index contributed by atoms with van der Waals surface area (Å²) >= 11 is 0. The number of rotatable bonds is 8. The van der Waals surface area contributed by atoms with Crippen LogP contribution < -0.4 is 4.74 Å². The first kappa shape index (κ1) is 21.9. The normalized spacial score (nSPS) is 16.9. The molecule has 0 amide bonds. The maximum Gasteiger partial charge on any atom is 0.458 e. The summed E-state index contributed by atoms with van der Waals surface area (Å²) in [6, 6.07) is 13.8. The van der Waals surface area contributed by atoms with Gasteiger partial charge >= 0.3 is 7.12 Å². The van der Waals surface area contributed by atoms with Gasteiger partial charge in [-0.25, -0.2) is 4.39 Å². The van der Waals surface area contributed by atoms with Crippen LogP contribution in [-0.2, 0) is 4.65 Å². The number of benzene rings is 2. The van der Waals surface area contributed by atoms with Crippen LogP contribution >= 0.6 is 0 Å². The van der Waals surface area contributed by atoms with Crippen molar-refractivity contribution in [2.45, 2.75) is 32.2 Å². The van der Waals surface area contributed by atoms with E-state index in [9.17, 15) is 14.5 Å². The SMILES string of the molecule is C=C(COc1ccccc1)C1=CCB(O)OC1CC/C(C)=C/c1ccc(O)c(F)c1. The van der Waals surface area contributed by atoms with Gasteiger partial charge in [-0.1, -0.05) is 48.6 Å². The molecule has 156 valence electrons. The second-order valence-corrected chi connectivity index (χ2v) is 7.42. The molecule has 0 fully saturated rings. The molecule has 1 unspecified atom stereocenters. The molecule has 1 heterocycles. The minimum atomic E-state index is -0.836. The fraction of sp³-hybridized carbons (Fsp3) is 0.250. The minimum Gasteiger partial charge on any atom is -0.505 e. The van der Waals surface area contributed by atoms with Crippen LogP contribution in [-0.4, -0.2) is 30.0 Å². The van der Waals surface area contributed by atoms with E-state index in [4.69, 9.17) is 9.39 Å². The van der Waals surface area contributed by atoms with Gasteiger partial charge < -0.3 is 19.5 Å². The highest BCUT2D eigenvalue weighted by Gasteiger charge is 2.28. The Bertz CT molecular complexity index is 939. The summed E-state index contributed by atoms with van der Waals surface area (Å²) in [5.74, 6) is -0.233. The monoisotopic (exact) mass is 408 g/mol. The van der Waals surface area contributed by atoms with Crippen LogP contribution in [0.3, 0.4) is 0 Å². The van der Waals surface area contributed by atoms with Gasteiger partial charge in [-0.15, -0.1) is 0 Å². The molecular formula is C24H26BFO4. The molecule has 2 aromatic carbocycles. The molecule has 0 radical (unpaired) electrons. The standard InChI is InChI=1S/C24H26BFO4/c1-17(14-19-9-10-23(27)22(26)15-19)8-11-24-21(12-13-25(28)30-24)18(2)16-29-20-6-4-3-5-7-20/h3-7,9-10,12,14-15,24,27-28H,2,8,11,13,16H2,1H3/b17-14+. The van der Waals surface area contributed by atoms with E-state index in [1.54, 1.807) is 6.07 Å². The zero-order chi connectivity index (χ0) is 21.5. The van der Waals surface area contributed by atoms with E-state index in [0.717, 1.165) is 22.5 Å². The Morgan fingerprint density at radius 1 is 1.30 bits per heavy atom. The Morgan fingerprint density at radius 2 is 2.07 bits per heavy atom. The van der Waals surface area contributed by atoms with Gasteiger partial charge in [-0.05, 0) is 60.7 Å². The predicted molar refractivity (Wildman–Crippen MR) is 118 cm³/mol. The lowest BCUT2D eigenvalue weighted by atomic mass is 9.78. The fourth-order valence-electron chi connectivity index (χ4n) is 3.37. The van der Waals surface area contributed by atoms with Gasteiger partial charge in [0.15, 0.2) is 11.6 Å². The number of para-hydroxylation sites is 1. The number of aromatic hydroxyl groups is 1. The number of phenols is 1. The van der Waals surface area contributed by atoms with Gasteiger partial charge in [0.1, 0.15) is 12.4 Å². The van der Waals surface area contributed by atoms with Crippen LogP contribution in [0.25, 0.3) is 6.08 Å². The highest BCUT2D eigenvalue weighted by atomic mass is 19.1. The summed E-state index contributed by atoms with van der Waals surface area (Å²) in [6.45, 7) is 6.45. The second-order valence-electron chi connectivity index (χ2n) is 7.42. The maximum atomic E-state index is 13.5. The van der Waals surface area contributed by atoms with Crippen LogP contribution in [0.15, 0.2) is 77.9 Å². The summed E-state index contributed by atoms with van der Waals surface area (Å²) < 4.78 is 25.1. The molecule has 2 aromatic rings. The molecule has 1 atom stereocenters. The second kappa shape index (κ2) is 10.3. The highest BCUT2D eigenvalue weighted by Crippen LogP contribution is 2.28.